The SMILES string of the molecule is CO[Si](CCc1c(C)cccc1C)(OC)OC. The maximum absolute atomic E-state index is 5.43. The quantitative estimate of drug-likeness (QED) is 0.731. The van der Waals surface area contributed by atoms with Crippen molar-refractivity contribution < 1.29 is 13.3 Å². The van der Waals surface area contributed by atoms with Gasteiger partial charge in [0.1, 0.15) is 0 Å². The lowest BCUT2D eigenvalue weighted by Gasteiger charge is -2.24. The van der Waals surface area contributed by atoms with Gasteiger partial charge < -0.3 is 13.3 Å². The van der Waals surface area contributed by atoms with Gasteiger partial charge in [0.05, 0.1) is 0 Å². The molecule has 0 amide bonds. The van der Waals surface area contributed by atoms with E-state index < -0.39 is 8.80 Å². The largest absolute Gasteiger partial charge is 0.500 e. The third-order valence-corrected chi connectivity index (χ3v) is 5.99. The predicted molar refractivity (Wildman–Crippen MR) is 71.2 cm³/mol. The Morgan fingerprint density at radius 1 is 0.941 bits per heavy atom. The third kappa shape index (κ3) is 3.39. The molecule has 17 heavy (non-hydrogen) atoms. The van der Waals surface area contributed by atoms with Crippen molar-refractivity contribution in [3.8, 4) is 0 Å². The van der Waals surface area contributed by atoms with Gasteiger partial charge in [-0.25, -0.2) is 0 Å². The van der Waals surface area contributed by atoms with Crippen LogP contribution in [0.3, 0.4) is 0 Å². The number of aryl methyl sites for hydroxylation is 2. The molecule has 0 spiro atoms. The summed E-state index contributed by atoms with van der Waals surface area (Å²) in [5.74, 6) is 0. The van der Waals surface area contributed by atoms with Crippen LogP contribution in [0.4, 0.5) is 0 Å². The van der Waals surface area contributed by atoms with E-state index in [1.54, 1.807) is 21.3 Å². The van der Waals surface area contributed by atoms with Crippen LogP contribution in [0, 0.1) is 13.8 Å². The van der Waals surface area contributed by atoms with E-state index in [2.05, 4.69) is 32.0 Å². The predicted octanol–water partition coefficient (Wildman–Crippen LogP) is 2.72. The highest BCUT2D eigenvalue weighted by atomic mass is 28.4. The van der Waals surface area contributed by atoms with Crippen LogP contribution in [0.15, 0.2) is 18.2 Å². The van der Waals surface area contributed by atoms with Crippen LogP contribution in [0.2, 0.25) is 6.04 Å². The standard InChI is InChI=1S/C13H22O3Si/c1-11-7-6-8-12(2)13(11)9-10-17(14-3,15-4)16-5/h6-8H,9-10H2,1-5H3. The molecule has 0 aliphatic rings. The van der Waals surface area contributed by atoms with E-state index in [0.717, 1.165) is 12.5 Å². The third-order valence-electron chi connectivity index (χ3n) is 3.26. The highest BCUT2D eigenvalue weighted by Crippen LogP contribution is 2.21. The smallest absolute Gasteiger partial charge is 0.377 e. The van der Waals surface area contributed by atoms with Gasteiger partial charge in [0.25, 0.3) is 0 Å². The average Bonchev–Trinajstić information content (AvgIpc) is 2.34. The first-order valence-electron chi connectivity index (χ1n) is 5.79. The van der Waals surface area contributed by atoms with Gasteiger partial charge in [0, 0.05) is 27.4 Å². The van der Waals surface area contributed by atoms with E-state index in [-0.39, 0.29) is 0 Å². The van der Waals surface area contributed by atoms with E-state index in [1.807, 2.05) is 0 Å². The van der Waals surface area contributed by atoms with Crippen molar-refractivity contribution in [2.75, 3.05) is 21.3 Å². The summed E-state index contributed by atoms with van der Waals surface area (Å²) in [6.07, 6.45) is 0.931. The van der Waals surface area contributed by atoms with E-state index in [4.69, 9.17) is 13.3 Å². The molecule has 0 aliphatic heterocycles. The molecule has 0 unspecified atom stereocenters. The minimum Gasteiger partial charge on any atom is -0.377 e. The van der Waals surface area contributed by atoms with Crippen molar-refractivity contribution in [1.82, 2.24) is 0 Å². The molecule has 0 saturated carbocycles. The van der Waals surface area contributed by atoms with Crippen molar-refractivity contribution in [3.05, 3.63) is 34.9 Å². The first-order valence-corrected chi connectivity index (χ1v) is 7.72. The molecule has 96 valence electrons. The second kappa shape index (κ2) is 6.30. The zero-order valence-electron chi connectivity index (χ0n) is 11.4. The fourth-order valence-electron chi connectivity index (χ4n) is 2.08. The van der Waals surface area contributed by atoms with Crippen LogP contribution >= 0.6 is 0 Å². The van der Waals surface area contributed by atoms with E-state index in [9.17, 15) is 0 Å². The monoisotopic (exact) mass is 254 g/mol. The summed E-state index contributed by atoms with van der Waals surface area (Å²) >= 11 is 0. The van der Waals surface area contributed by atoms with Crippen molar-refractivity contribution in [1.29, 1.82) is 0 Å². The molecule has 1 rings (SSSR count). The van der Waals surface area contributed by atoms with Crippen molar-refractivity contribution >= 4 is 8.80 Å². The summed E-state index contributed by atoms with van der Waals surface area (Å²) < 4.78 is 16.3. The van der Waals surface area contributed by atoms with Crippen molar-refractivity contribution in [3.63, 3.8) is 0 Å². The van der Waals surface area contributed by atoms with Crippen molar-refractivity contribution in [2.45, 2.75) is 26.3 Å². The highest BCUT2D eigenvalue weighted by Gasteiger charge is 2.37. The maximum atomic E-state index is 5.43. The molecule has 0 N–H and O–H groups in total. The average molecular weight is 254 g/mol. The lowest BCUT2D eigenvalue weighted by Crippen LogP contribution is -2.43. The zero-order chi connectivity index (χ0) is 12.9. The molecule has 0 aliphatic carbocycles. The van der Waals surface area contributed by atoms with Gasteiger partial charge in [0.2, 0.25) is 0 Å². The highest BCUT2D eigenvalue weighted by molar-refractivity contribution is 6.60. The first kappa shape index (κ1) is 14.4. The van der Waals surface area contributed by atoms with Gasteiger partial charge >= 0.3 is 8.80 Å². The number of benzene rings is 1. The van der Waals surface area contributed by atoms with Gasteiger partial charge in [-0.2, -0.15) is 0 Å². The molecule has 0 aromatic heterocycles. The molecule has 1 aromatic carbocycles. The summed E-state index contributed by atoms with van der Waals surface area (Å²) in [5, 5.41) is 0. The van der Waals surface area contributed by atoms with Crippen LogP contribution in [-0.4, -0.2) is 30.1 Å². The fourth-order valence-corrected chi connectivity index (χ4v) is 3.75. The zero-order valence-corrected chi connectivity index (χ0v) is 12.4. The van der Waals surface area contributed by atoms with E-state index in [0.29, 0.717) is 0 Å². The summed E-state index contributed by atoms with van der Waals surface area (Å²) in [7, 11) is 2.52. The Hall–Kier alpha value is -0.683. The van der Waals surface area contributed by atoms with Gasteiger partial charge in [-0.15, -0.1) is 0 Å². The number of hydrogen-bond donors (Lipinski definition) is 0. The minimum absolute atomic E-state index is 0.808. The minimum atomic E-state index is -2.45. The Kier molecular flexibility index (Phi) is 5.33. The molecule has 3 nitrogen and oxygen atoms in total. The molecule has 0 heterocycles. The Labute approximate surface area is 105 Å². The summed E-state index contributed by atoms with van der Waals surface area (Å²) in [6, 6.07) is 7.17. The molecule has 0 bridgehead atoms. The second-order valence-electron chi connectivity index (χ2n) is 4.17. The van der Waals surface area contributed by atoms with Gasteiger partial charge in [0.15, 0.2) is 0 Å². The molecular formula is C13H22O3Si. The summed E-state index contributed by atoms with van der Waals surface area (Å²) in [4.78, 5) is 0. The van der Waals surface area contributed by atoms with Crippen LogP contribution in [0.25, 0.3) is 0 Å². The first-order chi connectivity index (χ1) is 8.08. The number of rotatable bonds is 6. The summed E-state index contributed by atoms with van der Waals surface area (Å²) in [5.41, 5.74) is 4.00. The molecular weight excluding hydrogens is 232 g/mol. The fraction of sp³-hybridized carbons (Fsp3) is 0.538. The Balaban J connectivity index is 2.79. The van der Waals surface area contributed by atoms with Crippen LogP contribution in [0.1, 0.15) is 16.7 Å². The maximum Gasteiger partial charge on any atom is 0.500 e. The Morgan fingerprint density at radius 2 is 1.41 bits per heavy atom. The summed E-state index contributed by atoms with van der Waals surface area (Å²) in [6.45, 7) is 4.27. The van der Waals surface area contributed by atoms with Crippen LogP contribution in [-0.2, 0) is 19.7 Å². The van der Waals surface area contributed by atoms with Gasteiger partial charge in [-0.3, -0.25) is 0 Å². The van der Waals surface area contributed by atoms with Gasteiger partial charge in [-0.1, -0.05) is 18.2 Å². The second-order valence-corrected chi connectivity index (χ2v) is 7.26. The molecule has 4 heteroatoms. The number of hydrogen-bond acceptors (Lipinski definition) is 3. The lowest BCUT2D eigenvalue weighted by atomic mass is 10.0. The van der Waals surface area contributed by atoms with Crippen molar-refractivity contribution in [2.24, 2.45) is 0 Å². The normalized spacial score (nSPS) is 11.8. The van der Waals surface area contributed by atoms with Crippen LogP contribution < -0.4 is 0 Å². The van der Waals surface area contributed by atoms with Crippen LogP contribution in [0.5, 0.6) is 0 Å². The molecule has 0 fully saturated rings. The van der Waals surface area contributed by atoms with Gasteiger partial charge in [-0.05, 0) is 37.0 Å². The van der Waals surface area contributed by atoms with E-state index in [1.165, 1.54) is 16.7 Å². The molecule has 0 radical (unpaired) electrons. The molecule has 0 atom stereocenters. The molecule has 1 aromatic rings. The topological polar surface area (TPSA) is 27.7 Å². The molecule has 0 saturated heterocycles. The Morgan fingerprint density at radius 3 is 1.82 bits per heavy atom. The Bertz CT molecular complexity index is 333. The van der Waals surface area contributed by atoms with E-state index >= 15 is 0 Å². The lowest BCUT2D eigenvalue weighted by molar-refractivity contribution is 0.123.